The summed E-state index contributed by atoms with van der Waals surface area (Å²) in [6.07, 6.45) is 2.09. The molecule has 1 aromatic rings. The topological polar surface area (TPSA) is 24.5 Å². The number of benzene rings is 1. The van der Waals surface area contributed by atoms with Crippen LogP contribution in [-0.2, 0) is 6.54 Å². The highest BCUT2D eigenvalue weighted by molar-refractivity contribution is 7.98. The molecule has 0 spiro atoms. The Kier molecular flexibility index (Phi) is 4.71. The first-order chi connectivity index (χ1) is 8.35. The molecule has 1 aliphatic heterocycles. The SMILES string of the molecule is COc1c(CN2CCNCC2)cccc1SC. The molecular formula is C13H20N2OS. The average molecular weight is 252 g/mol. The summed E-state index contributed by atoms with van der Waals surface area (Å²) >= 11 is 1.74. The molecule has 3 nitrogen and oxygen atoms in total. The van der Waals surface area contributed by atoms with Gasteiger partial charge in [0, 0.05) is 43.2 Å². The summed E-state index contributed by atoms with van der Waals surface area (Å²) in [5.74, 6) is 1.04. The van der Waals surface area contributed by atoms with Gasteiger partial charge in [0.1, 0.15) is 5.75 Å². The number of hydrogen-bond donors (Lipinski definition) is 1. The summed E-state index contributed by atoms with van der Waals surface area (Å²) in [5, 5.41) is 3.37. The Morgan fingerprint density at radius 3 is 2.76 bits per heavy atom. The molecule has 1 saturated heterocycles. The van der Waals surface area contributed by atoms with Crippen molar-refractivity contribution in [2.45, 2.75) is 11.4 Å². The molecule has 4 heteroatoms. The smallest absolute Gasteiger partial charge is 0.136 e. The van der Waals surface area contributed by atoms with E-state index in [1.807, 2.05) is 0 Å². The fraction of sp³-hybridized carbons (Fsp3) is 0.538. The van der Waals surface area contributed by atoms with Crippen LogP contribution in [0.25, 0.3) is 0 Å². The predicted molar refractivity (Wildman–Crippen MR) is 72.9 cm³/mol. The van der Waals surface area contributed by atoms with Crippen molar-refractivity contribution >= 4 is 11.8 Å². The third kappa shape index (κ3) is 3.15. The van der Waals surface area contributed by atoms with Gasteiger partial charge in [0.15, 0.2) is 0 Å². The number of rotatable bonds is 4. The van der Waals surface area contributed by atoms with Gasteiger partial charge in [-0.3, -0.25) is 4.90 Å². The van der Waals surface area contributed by atoms with Crippen LogP contribution in [0.2, 0.25) is 0 Å². The van der Waals surface area contributed by atoms with Crippen LogP contribution < -0.4 is 10.1 Å². The number of hydrogen-bond acceptors (Lipinski definition) is 4. The zero-order chi connectivity index (χ0) is 12.1. The molecule has 1 N–H and O–H groups in total. The second-order valence-electron chi connectivity index (χ2n) is 4.18. The van der Waals surface area contributed by atoms with Crippen LogP contribution in [-0.4, -0.2) is 44.4 Å². The minimum absolute atomic E-state index is 0.985. The van der Waals surface area contributed by atoms with Crippen molar-refractivity contribution < 1.29 is 4.74 Å². The van der Waals surface area contributed by atoms with Gasteiger partial charge in [-0.15, -0.1) is 11.8 Å². The summed E-state index contributed by atoms with van der Waals surface area (Å²) in [6, 6.07) is 6.40. The highest BCUT2D eigenvalue weighted by Gasteiger charge is 2.14. The fourth-order valence-electron chi connectivity index (χ4n) is 2.19. The highest BCUT2D eigenvalue weighted by atomic mass is 32.2. The lowest BCUT2D eigenvalue weighted by molar-refractivity contribution is 0.229. The highest BCUT2D eigenvalue weighted by Crippen LogP contribution is 2.31. The van der Waals surface area contributed by atoms with Crippen molar-refractivity contribution in [1.29, 1.82) is 0 Å². The Hall–Kier alpha value is -0.710. The first-order valence-electron chi connectivity index (χ1n) is 5.98. The van der Waals surface area contributed by atoms with E-state index in [0.717, 1.165) is 38.5 Å². The normalized spacial score (nSPS) is 17.1. The van der Waals surface area contributed by atoms with Crippen LogP contribution in [0.15, 0.2) is 23.1 Å². The Bertz CT molecular complexity index is 364. The maximum atomic E-state index is 5.55. The monoisotopic (exact) mass is 252 g/mol. The van der Waals surface area contributed by atoms with E-state index in [2.05, 4.69) is 34.7 Å². The van der Waals surface area contributed by atoms with Crippen LogP contribution in [0.5, 0.6) is 5.75 Å². The van der Waals surface area contributed by atoms with Gasteiger partial charge in [0.05, 0.1) is 7.11 Å². The minimum Gasteiger partial charge on any atom is -0.495 e. The maximum Gasteiger partial charge on any atom is 0.136 e. The Labute approximate surface area is 108 Å². The van der Waals surface area contributed by atoms with Gasteiger partial charge in [-0.05, 0) is 12.3 Å². The van der Waals surface area contributed by atoms with Gasteiger partial charge in [-0.25, -0.2) is 0 Å². The molecule has 1 aromatic carbocycles. The van der Waals surface area contributed by atoms with Gasteiger partial charge in [-0.2, -0.15) is 0 Å². The largest absolute Gasteiger partial charge is 0.495 e. The zero-order valence-corrected chi connectivity index (χ0v) is 11.3. The summed E-state index contributed by atoms with van der Waals surface area (Å²) in [7, 11) is 1.76. The number of piperazine rings is 1. The number of methoxy groups -OCH3 is 1. The van der Waals surface area contributed by atoms with E-state index in [1.54, 1.807) is 18.9 Å². The number of nitrogens with zero attached hydrogens (tertiary/aromatic N) is 1. The molecular weight excluding hydrogens is 232 g/mol. The lowest BCUT2D eigenvalue weighted by atomic mass is 10.1. The molecule has 0 amide bonds. The lowest BCUT2D eigenvalue weighted by Gasteiger charge is -2.28. The van der Waals surface area contributed by atoms with Crippen molar-refractivity contribution in [2.75, 3.05) is 39.5 Å². The van der Waals surface area contributed by atoms with Crippen molar-refractivity contribution in [2.24, 2.45) is 0 Å². The van der Waals surface area contributed by atoms with Crippen LogP contribution in [0.1, 0.15) is 5.56 Å². The zero-order valence-electron chi connectivity index (χ0n) is 10.5. The number of thioether (sulfide) groups is 1. The number of para-hydroxylation sites is 1. The van der Waals surface area contributed by atoms with E-state index in [0.29, 0.717) is 0 Å². The van der Waals surface area contributed by atoms with Crippen LogP contribution in [0.3, 0.4) is 0 Å². The quantitative estimate of drug-likeness (QED) is 0.826. The lowest BCUT2D eigenvalue weighted by Crippen LogP contribution is -2.42. The van der Waals surface area contributed by atoms with Gasteiger partial charge >= 0.3 is 0 Å². The third-order valence-electron chi connectivity index (χ3n) is 3.09. The van der Waals surface area contributed by atoms with E-state index in [1.165, 1.54) is 10.5 Å². The molecule has 17 heavy (non-hydrogen) atoms. The van der Waals surface area contributed by atoms with Crippen molar-refractivity contribution in [3.05, 3.63) is 23.8 Å². The summed E-state index contributed by atoms with van der Waals surface area (Å²) in [5.41, 5.74) is 1.29. The molecule has 1 fully saturated rings. The molecule has 0 bridgehead atoms. The van der Waals surface area contributed by atoms with E-state index in [9.17, 15) is 0 Å². The van der Waals surface area contributed by atoms with Gasteiger partial charge in [0.2, 0.25) is 0 Å². The standard InChI is InChI=1S/C13H20N2OS/c1-16-13-11(4-3-5-12(13)17-2)10-15-8-6-14-7-9-15/h3-5,14H,6-10H2,1-2H3. The van der Waals surface area contributed by atoms with Crippen LogP contribution >= 0.6 is 11.8 Å². The molecule has 1 aliphatic rings. The van der Waals surface area contributed by atoms with E-state index >= 15 is 0 Å². The van der Waals surface area contributed by atoms with Crippen LogP contribution in [0.4, 0.5) is 0 Å². The van der Waals surface area contributed by atoms with E-state index in [4.69, 9.17) is 4.74 Å². The Morgan fingerprint density at radius 2 is 2.12 bits per heavy atom. The first kappa shape index (κ1) is 12.7. The summed E-state index contributed by atoms with van der Waals surface area (Å²) < 4.78 is 5.55. The fourth-order valence-corrected chi connectivity index (χ4v) is 2.80. The number of nitrogens with one attached hydrogen (secondary N) is 1. The molecule has 0 atom stereocenters. The van der Waals surface area contributed by atoms with Gasteiger partial charge in [-0.1, -0.05) is 12.1 Å². The molecule has 0 radical (unpaired) electrons. The minimum atomic E-state index is 0.985. The van der Waals surface area contributed by atoms with E-state index in [-0.39, 0.29) is 0 Å². The second-order valence-corrected chi connectivity index (χ2v) is 5.03. The van der Waals surface area contributed by atoms with Crippen molar-refractivity contribution in [1.82, 2.24) is 10.2 Å². The molecule has 1 heterocycles. The van der Waals surface area contributed by atoms with Gasteiger partial charge in [0.25, 0.3) is 0 Å². The first-order valence-corrected chi connectivity index (χ1v) is 7.20. The second kappa shape index (κ2) is 6.28. The molecule has 94 valence electrons. The number of ether oxygens (including phenoxy) is 1. The maximum absolute atomic E-state index is 5.55. The summed E-state index contributed by atoms with van der Waals surface area (Å²) in [4.78, 5) is 3.69. The molecule has 0 saturated carbocycles. The van der Waals surface area contributed by atoms with Gasteiger partial charge < -0.3 is 10.1 Å². The van der Waals surface area contributed by atoms with E-state index < -0.39 is 0 Å². The predicted octanol–water partition coefficient (Wildman–Crippen LogP) is 1.82. The molecule has 0 aromatic heterocycles. The molecule has 2 rings (SSSR count). The third-order valence-corrected chi connectivity index (χ3v) is 3.85. The van der Waals surface area contributed by atoms with Crippen molar-refractivity contribution in [3.63, 3.8) is 0 Å². The van der Waals surface area contributed by atoms with Crippen LogP contribution in [0, 0.1) is 0 Å². The average Bonchev–Trinajstić information content (AvgIpc) is 2.39. The summed E-state index contributed by atoms with van der Waals surface area (Å²) in [6.45, 7) is 5.40. The molecule has 0 unspecified atom stereocenters. The molecule has 0 aliphatic carbocycles. The Morgan fingerprint density at radius 1 is 1.35 bits per heavy atom. The Balaban J connectivity index is 2.13. The van der Waals surface area contributed by atoms with Crippen molar-refractivity contribution in [3.8, 4) is 5.75 Å².